The minimum atomic E-state index is -0.196. The van der Waals surface area contributed by atoms with E-state index in [-0.39, 0.29) is 17.5 Å². The van der Waals surface area contributed by atoms with Crippen LogP contribution < -0.4 is 0 Å². The predicted molar refractivity (Wildman–Crippen MR) is 107 cm³/mol. The van der Waals surface area contributed by atoms with Crippen LogP contribution in [0.1, 0.15) is 16.1 Å². The summed E-state index contributed by atoms with van der Waals surface area (Å²) in [5.74, 6) is 0.368. The fourth-order valence-corrected chi connectivity index (χ4v) is 3.36. The fraction of sp³-hybridized carbons (Fsp3) is 0.238. The van der Waals surface area contributed by atoms with Crippen LogP contribution in [0.2, 0.25) is 5.02 Å². The van der Waals surface area contributed by atoms with Gasteiger partial charge in [-0.25, -0.2) is 0 Å². The van der Waals surface area contributed by atoms with Gasteiger partial charge >= 0.3 is 0 Å². The van der Waals surface area contributed by atoms with Crippen molar-refractivity contribution in [2.45, 2.75) is 6.42 Å². The summed E-state index contributed by atoms with van der Waals surface area (Å²) < 4.78 is 5.30. The highest BCUT2D eigenvalue weighted by molar-refractivity contribution is 6.30. The molecule has 0 unspecified atom stereocenters. The van der Waals surface area contributed by atoms with Crippen molar-refractivity contribution < 1.29 is 14.1 Å². The summed E-state index contributed by atoms with van der Waals surface area (Å²) in [5, 5.41) is 4.55. The SMILES string of the molecule is O=C(Cc1ccc(Cl)cc1)N1CCN(C(=O)c2cc(-c3ccncc3)on2)CC1. The summed E-state index contributed by atoms with van der Waals surface area (Å²) in [6, 6.07) is 12.5. The van der Waals surface area contributed by atoms with Crippen molar-refractivity contribution in [1.82, 2.24) is 19.9 Å². The van der Waals surface area contributed by atoms with Crippen LogP contribution in [0, 0.1) is 0 Å². The van der Waals surface area contributed by atoms with Crippen LogP contribution in [0.5, 0.6) is 0 Å². The molecule has 0 N–H and O–H groups in total. The molecule has 29 heavy (non-hydrogen) atoms. The van der Waals surface area contributed by atoms with E-state index in [1.807, 2.05) is 12.1 Å². The van der Waals surface area contributed by atoms with Crippen LogP contribution in [0.3, 0.4) is 0 Å². The highest BCUT2D eigenvalue weighted by atomic mass is 35.5. The summed E-state index contributed by atoms with van der Waals surface area (Å²) >= 11 is 5.88. The summed E-state index contributed by atoms with van der Waals surface area (Å²) in [6.45, 7) is 1.91. The van der Waals surface area contributed by atoms with Crippen molar-refractivity contribution in [2.75, 3.05) is 26.2 Å². The van der Waals surface area contributed by atoms with Crippen molar-refractivity contribution >= 4 is 23.4 Å². The van der Waals surface area contributed by atoms with Crippen LogP contribution in [-0.2, 0) is 11.2 Å². The molecule has 1 aliphatic rings. The summed E-state index contributed by atoms with van der Waals surface area (Å²) in [7, 11) is 0. The molecule has 3 heterocycles. The molecular weight excluding hydrogens is 392 g/mol. The maximum Gasteiger partial charge on any atom is 0.276 e. The average molecular weight is 411 g/mol. The maximum atomic E-state index is 12.7. The number of aromatic nitrogens is 2. The number of amides is 2. The third kappa shape index (κ3) is 4.46. The predicted octanol–water partition coefficient (Wildman–Crippen LogP) is 2.92. The number of nitrogens with zero attached hydrogens (tertiary/aromatic N) is 4. The van der Waals surface area contributed by atoms with E-state index in [9.17, 15) is 9.59 Å². The highest BCUT2D eigenvalue weighted by Crippen LogP contribution is 2.20. The van der Waals surface area contributed by atoms with Gasteiger partial charge in [-0.2, -0.15) is 0 Å². The molecule has 2 amide bonds. The Morgan fingerprint density at radius 2 is 1.62 bits per heavy atom. The molecule has 1 saturated heterocycles. The zero-order valence-corrected chi connectivity index (χ0v) is 16.4. The lowest BCUT2D eigenvalue weighted by Crippen LogP contribution is -2.51. The molecule has 0 saturated carbocycles. The van der Waals surface area contributed by atoms with Gasteiger partial charge in [-0.1, -0.05) is 28.9 Å². The molecule has 7 nitrogen and oxygen atoms in total. The van der Waals surface area contributed by atoms with Gasteiger partial charge in [0.1, 0.15) is 0 Å². The molecule has 8 heteroatoms. The number of hydrogen-bond acceptors (Lipinski definition) is 5. The lowest BCUT2D eigenvalue weighted by atomic mass is 10.1. The Bertz CT molecular complexity index is 996. The van der Waals surface area contributed by atoms with Crippen LogP contribution in [0.4, 0.5) is 0 Å². The molecule has 0 radical (unpaired) electrons. The van der Waals surface area contributed by atoms with Crippen LogP contribution in [0.25, 0.3) is 11.3 Å². The van der Waals surface area contributed by atoms with Gasteiger partial charge in [0.05, 0.1) is 6.42 Å². The second kappa shape index (κ2) is 8.45. The van der Waals surface area contributed by atoms with E-state index in [1.54, 1.807) is 52.5 Å². The van der Waals surface area contributed by atoms with Crippen molar-refractivity contribution in [3.05, 3.63) is 71.1 Å². The number of benzene rings is 1. The van der Waals surface area contributed by atoms with Gasteiger partial charge in [0.2, 0.25) is 5.91 Å². The third-order valence-electron chi connectivity index (χ3n) is 4.88. The monoisotopic (exact) mass is 410 g/mol. The van der Waals surface area contributed by atoms with E-state index in [1.165, 1.54) is 0 Å². The minimum Gasteiger partial charge on any atom is -0.355 e. The first-order chi connectivity index (χ1) is 14.1. The molecule has 0 bridgehead atoms. The van der Waals surface area contributed by atoms with E-state index in [0.717, 1.165) is 11.1 Å². The van der Waals surface area contributed by atoms with E-state index in [0.29, 0.717) is 43.4 Å². The van der Waals surface area contributed by atoms with E-state index in [2.05, 4.69) is 10.1 Å². The Morgan fingerprint density at radius 3 is 2.31 bits per heavy atom. The standard InChI is InChI=1S/C21H19ClN4O3/c22-17-3-1-15(2-4-17)13-20(27)25-9-11-26(12-10-25)21(28)18-14-19(29-24-18)16-5-7-23-8-6-16/h1-8,14H,9-13H2. The Balaban J connectivity index is 1.33. The molecule has 0 spiro atoms. The quantitative estimate of drug-likeness (QED) is 0.660. The highest BCUT2D eigenvalue weighted by Gasteiger charge is 2.26. The first kappa shape index (κ1) is 19.1. The fourth-order valence-electron chi connectivity index (χ4n) is 3.24. The Labute approximate surface area is 172 Å². The number of carbonyl (C=O) groups excluding carboxylic acids is 2. The van der Waals surface area contributed by atoms with E-state index >= 15 is 0 Å². The smallest absolute Gasteiger partial charge is 0.276 e. The van der Waals surface area contributed by atoms with Gasteiger partial charge in [0.15, 0.2) is 11.5 Å². The normalized spacial score (nSPS) is 14.1. The molecular formula is C21H19ClN4O3. The molecule has 0 aliphatic carbocycles. The van der Waals surface area contributed by atoms with E-state index in [4.69, 9.17) is 16.1 Å². The third-order valence-corrected chi connectivity index (χ3v) is 5.13. The van der Waals surface area contributed by atoms with Crippen molar-refractivity contribution in [2.24, 2.45) is 0 Å². The van der Waals surface area contributed by atoms with Crippen LogP contribution in [0.15, 0.2) is 59.4 Å². The number of halogens is 1. The van der Waals surface area contributed by atoms with Gasteiger partial charge in [-0.05, 0) is 29.8 Å². The molecule has 148 valence electrons. The van der Waals surface area contributed by atoms with Gasteiger partial charge in [0, 0.05) is 55.2 Å². The maximum absolute atomic E-state index is 12.7. The van der Waals surface area contributed by atoms with Crippen molar-refractivity contribution in [3.8, 4) is 11.3 Å². The number of carbonyl (C=O) groups is 2. The second-order valence-electron chi connectivity index (χ2n) is 6.79. The van der Waals surface area contributed by atoms with E-state index < -0.39 is 0 Å². The summed E-state index contributed by atoms with van der Waals surface area (Å²) in [5.41, 5.74) is 1.99. The lowest BCUT2D eigenvalue weighted by molar-refractivity contribution is -0.131. The zero-order valence-electron chi connectivity index (χ0n) is 15.6. The summed E-state index contributed by atoms with van der Waals surface area (Å²) in [6.07, 6.45) is 3.63. The molecule has 3 aromatic rings. The second-order valence-corrected chi connectivity index (χ2v) is 7.22. The van der Waals surface area contributed by atoms with Crippen molar-refractivity contribution in [1.29, 1.82) is 0 Å². The van der Waals surface area contributed by atoms with Gasteiger partial charge in [-0.15, -0.1) is 0 Å². The Morgan fingerprint density at radius 1 is 0.966 bits per heavy atom. The molecule has 4 rings (SSSR count). The van der Waals surface area contributed by atoms with Crippen LogP contribution in [-0.4, -0.2) is 57.9 Å². The van der Waals surface area contributed by atoms with Gasteiger partial charge in [-0.3, -0.25) is 14.6 Å². The average Bonchev–Trinajstić information content (AvgIpc) is 3.26. The zero-order chi connectivity index (χ0) is 20.2. The largest absolute Gasteiger partial charge is 0.355 e. The number of rotatable bonds is 4. The van der Waals surface area contributed by atoms with Gasteiger partial charge < -0.3 is 14.3 Å². The molecule has 2 aromatic heterocycles. The topological polar surface area (TPSA) is 79.5 Å². The van der Waals surface area contributed by atoms with Gasteiger partial charge in [0.25, 0.3) is 5.91 Å². The summed E-state index contributed by atoms with van der Waals surface area (Å²) in [4.78, 5) is 32.7. The first-order valence-corrected chi connectivity index (χ1v) is 9.66. The number of piperazine rings is 1. The number of hydrogen-bond donors (Lipinski definition) is 0. The van der Waals surface area contributed by atoms with Crippen molar-refractivity contribution in [3.63, 3.8) is 0 Å². The molecule has 1 aliphatic heterocycles. The minimum absolute atomic E-state index is 0.0424. The van der Waals surface area contributed by atoms with Crippen LogP contribution >= 0.6 is 11.6 Å². The first-order valence-electron chi connectivity index (χ1n) is 9.29. The lowest BCUT2D eigenvalue weighted by Gasteiger charge is -2.34. The Hall–Kier alpha value is -3.19. The number of pyridine rings is 1. The molecule has 1 aromatic carbocycles. The molecule has 1 fully saturated rings. The Kier molecular flexibility index (Phi) is 5.57. The molecule has 0 atom stereocenters.